The molecule has 1 rings (SSSR count). The van der Waals surface area contributed by atoms with E-state index in [9.17, 15) is 25.2 Å². The topological polar surface area (TPSA) is 130 Å². The lowest BCUT2D eigenvalue weighted by molar-refractivity contribution is -0.139. The van der Waals surface area contributed by atoms with Crippen LogP contribution in [0.15, 0.2) is 0 Å². The lowest BCUT2D eigenvalue weighted by Crippen LogP contribution is -2.48. The van der Waals surface area contributed by atoms with Crippen molar-refractivity contribution in [1.82, 2.24) is 5.32 Å². The summed E-state index contributed by atoms with van der Waals surface area (Å²) in [6.45, 7) is 2.00. The molecule has 26 heavy (non-hydrogen) atoms. The predicted octanol–water partition coefficient (Wildman–Crippen LogP) is 1.02. The fourth-order valence-electron chi connectivity index (χ4n) is 3.65. The van der Waals surface area contributed by atoms with Crippen LogP contribution in [0.4, 0.5) is 0 Å². The standard InChI is InChI=1S/C19H37NO6/c1-13-18(24)10-7-15(20-13)6-9-16(22)4-2-3-14(12-21)5-8-17(23)11-19(25)26/h13-18,20-24H,2-12H2,1H3,(H,25,26). The molecule has 7 heteroatoms. The van der Waals surface area contributed by atoms with Crippen LogP contribution >= 0.6 is 0 Å². The molecule has 0 aromatic heterocycles. The van der Waals surface area contributed by atoms with Gasteiger partial charge in [-0.1, -0.05) is 6.42 Å². The van der Waals surface area contributed by atoms with Gasteiger partial charge in [0.05, 0.1) is 24.7 Å². The first kappa shape index (κ1) is 23.3. The smallest absolute Gasteiger partial charge is 0.305 e. The Bertz CT molecular complexity index is 394. The number of carboxylic acid groups (broad SMARTS) is 1. The largest absolute Gasteiger partial charge is 0.481 e. The third-order valence-corrected chi connectivity index (χ3v) is 5.46. The van der Waals surface area contributed by atoms with E-state index in [0.29, 0.717) is 25.3 Å². The van der Waals surface area contributed by atoms with Gasteiger partial charge in [-0.25, -0.2) is 0 Å². The molecule has 0 amide bonds. The highest BCUT2D eigenvalue weighted by Gasteiger charge is 2.25. The molecule has 7 nitrogen and oxygen atoms in total. The number of aliphatic hydroxyl groups excluding tert-OH is 4. The molecule has 0 bridgehead atoms. The van der Waals surface area contributed by atoms with Gasteiger partial charge in [0.1, 0.15) is 0 Å². The number of carboxylic acids is 1. The number of aliphatic hydroxyl groups is 4. The predicted molar refractivity (Wildman–Crippen MR) is 98.8 cm³/mol. The van der Waals surface area contributed by atoms with E-state index in [1.807, 2.05) is 6.92 Å². The zero-order valence-corrected chi connectivity index (χ0v) is 15.9. The minimum absolute atomic E-state index is 0.0160. The minimum Gasteiger partial charge on any atom is -0.481 e. The highest BCUT2D eigenvalue weighted by Crippen LogP contribution is 2.21. The van der Waals surface area contributed by atoms with Crippen molar-refractivity contribution in [2.24, 2.45) is 5.92 Å². The van der Waals surface area contributed by atoms with Gasteiger partial charge in [-0.3, -0.25) is 4.79 Å². The van der Waals surface area contributed by atoms with Crippen molar-refractivity contribution in [2.75, 3.05) is 6.61 Å². The average molecular weight is 376 g/mol. The third kappa shape index (κ3) is 9.83. The first-order valence-corrected chi connectivity index (χ1v) is 9.94. The average Bonchev–Trinajstić information content (AvgIpc) is 2.58. The summed E-state index contributed by atoms with van der Waals surface area (Å²) >= 11 is 0. The van der Waals surface area contributed by atoms with Crippen molar-refractivity contribution >= 4 is 5.97 Å². The van der Waals surface area contributed by atoms with Crippen molar-refractivity contribution in [2.45, 2.75) is 102 Å². The Morgan fingerprint density at radius 3 is 2.42 bits per heavy atom. The van der Waals surface area contributed by atoms with E-state index < -0.39 is 12.1 Å². The summed E-state index contributed by atoms with van der Waals surface area (Å²) in [5, 5.41) is 50.9. The van der Waals surface area contributed by atoms with Crippen LogP contribution in [0.25, 0.3) is 0 Å². The van der Waals surface area contributed by atoms with E-state index in [-0.39, 0.29) is 37.2 Å². The molecule has 0 aliphatic carbocycles. The normalized spacial score (nSPS) is 27.0. The van der Waals surface area contributed by atoms with Crippen molar-refractivity contribution in [3.63, 3.8) is 0 Å². The summed E-state index contributed by atoms with van der Waals surface area (Å²) in [5.41, 5.74) is 0. The number of hydrogen-bond donors (Lipinski definition) is 6. The van der Waals surface area contributed by atoms with Gasteiger partial charge in [0.2, 0.25) is 0 Å². The molecule has 0 spiro atoms. The highest BCUT2D eigenvalue weighted by molar-refractivity contribution is 5.67. The molecule has 154 valence electrons. The monoisotopic (exact) mass is 375 g/mol. The van der Waals surface area contributed by atoms with Gasteiger partial charge in [0, 0.05) is 18.7 Å². The van der Waals surface area contributed by atoms with Gasteiger partial charge >= 0.3 is 5.97 Å². The van der Waals surface area contributed by atoms with Crippen molar-refractivity contribution in [1.29, 1.82) is 0 Å². The number of nitrogens with one attached hydrogen (secondary N) is 1. The molecule has 6 N–H and O–H groups in total. The van der Waals surface area contributed by atoms with Crippen molar-refractivity contribution in [3.05, 3.63) is 0 Å². The first-order chi connectivity index (χ1) is 12.3. The molecular formula is C19H37NO6. The van der Waals surface area contributed by atoms with E-state index in [4.69, 9.17) is 5.11 Å². The fraction of sp³-hybridized carbons (Fsp3) is 0.947. The van der Waals surface area contributed by atoms with Gasteiger partial charge in [-0.15, -0.1) is 0 Å². The van der Waals surface area contributed by atoms with Crippen LogP contribution in [0.1, 0.15) is 71.1 Å². The van der Waals surface area contributed by atoms with Crippen LogP contribution in [0, 0.1) is 5.92 Å². The summed E-state index contributed by atoms with van der Waals surface area (Å²) in [6.07, 6.45) is 4.79. The maximum absolute atomic E-state index is 10.5. The van der Waals surface area contributed by atoms with E-state index >= 15 is 0 Å². The number of hydrogen-bond acceptors (Lipinski definition) is 6. The van der Waals surface area contributed by atoms with Gasteiger partial charge in [-0.2, -0.15) is 0 Å². The Morgan fingerprint density at radius 2 is 1.81 bits per heavy atom. The summed E-state index contributed by atoms with van der Waals surface area (Å²) in [7, 11) is 0. The zero-order valence-electron chi connectivity index (χ0n) is 15.9. The summed E-state index contributed by atoms with van der Waals surface area (Å²) in [6, 6.07) is 0.455. The first-order valence-electron chi connectivity index (χ1n) is 9.94. The van der Waals surface area contributed by atoms with Crippen LogP contribution in [0.2, 0.25) is 0 Å². The maximum Gasteiger partial charge on any atom is 0.305 e. The molecule has 0 radical (unpaired) electrons. The molecule has 0 aromatic rings. The second kappa shape index (κ2) is 12.6. The molecule has 1 heterocycles. The molecule has 6 atom stereocenters. The number of carbonyl (C=O) groups is 1. The molecule has 1 saturated heterocycles. The molecule has 1 aliphatic rings. The van der Waals surface area contributed by atoms with E-state index in [2.05, 4.69) is 5.32 Å². The Hall–Kier alpha value is -0.730. The molecule has 1 fully saturated rings. The quantitative estimate of drug-likeness (QED) is 0.283. The lowest BCUT2D eigenvalue weighted by Gasteiger charge is -2.33. The fourth-order valence-corrected chi connectivity index (χ4v) is 3.65. The Labute approximate surface area is 156 Å². The Balaban J connectivity index is 2.13. The maximum atomic E-state index is 10.5. The second-order valence-corrected chi connectivity index (χ2v) is 7.84. The van der Waals surface area contributed by atoms with Crippen molar-refractivity contribution in [3.8, 4) is 0 Å². The van der Waals surface area contributed by atoms with E-state index in [1.54, 1.807) is 0 Å². The SMILES string of the molecule is CC1NC(CCC(O)CCCC(CO)CCC(O)CC(=O)O)CCC1O. The summed E-state index contributed by atoms with van der Waals surface area (Å²) < 4.78 is 0. The number of rotatable bonds is 13. The Kier molecular flexibility index (Phi) is 11.3. The van der Waals surface area contributed by atoms with E-state index in [0.717, 1.165) is 38.5 Å². The summed E-state index contributed by atoms with van der Waals surface area (Å²) in [4.78, 5) is 10.5. The number of aliphatic carboxylic acids is 1. The van der Waals surface area contributed by atoms with Gasteiger partial charge < -0.3 is 30.8 Å². The molecule has 1 aliphatic heterocycles. The van der Waals surface area contributed by atoms with Gasteiger partial charge in [-0.05, 0) is 64.2 Å². The Morgan fingerprint density at radius 1 is 1.08 bits per heavy atom. The second-order valence-electron chi connectivity index (χ2n) is 7.84. The zero-order chi connectivity index (χ0) is 19.5. The van der Waals surface area contributed by atoms with Gasteiger partial charge in [0.15, 0.2) is 0 Å². The lowest BCUT2D eigenvalue weighted by atomic mass is 9.91. The van der Waals surface area contributed by atoms with Crippen molar-refractivity contribution < 1.29 is 30.3 Å². The van der Waals surface area contributed by atoms with Crippen LogP contribution in [0.3, 0.4) is 0 Å². The molecule has 0 saturated carbocycles. The molecule has 6 unspecified atom stereocenters. The number of piperidine rings is 1. The van der Waals surface area contributed by atoms with Crippen LogP contribution in [-0.4, -0.2) is 68.5 Å². The minimum atomic E-state index is -1.02. The third-order valence-electron chi connectivity index (χ3n) is 5.46. The summed E-state index contributed by atoms with van der Waals surface area (Å²) in [5.74, 6) is -0.981. The van der Waals surface area contributed by atoms with Crippen LogP contribution in [-0.2, 0) is 4.79 Å². The van der Waals surface area contributed by atoms with Crippen LogP contribution in [0.5, 0.6) is 0 Å². The van der Waals surface area contributed by atoms with Crippen LogP contribution < -0.4 is 5.32 Å². The van der Waals surface area contributed by atoms with E-state index in [1.165, 1.54) is 0 Å². The highest BCUT2D eigenvalue weighted by atomic mass is 16.4. The van der Waals surface area contributed by atoms with Gasteiger partial charge in [0.25, 0.3) is 0 Å². The molecule has 0 aromatic carbocycles. The molecular weight excluding hydrogens is 338 g/mol.